The zero-order valence-corrected chi connectivity index (χ0v) is 10.5. The highest BCUT2D eigenvalue weighted by Gasteiger charge is 2.11. The fourth-order valence-corrected chi connectivity index (χ4v) is 2.51. The van der Waals surface area contributed by atoms with Gasteiger partial charge in [-0.05, 0) is 25.0 Å². The molecule has 0 amide bonds. The van der Waals surface area contributed by atoms with Crippen molar-refractivity contribution in [3.05, 3.63) is 23.7 Å². The van der Waals surface area contributed by atoms with Gasteiger partial charge in [-0.1, -0.05) is 32.1 Å². The third kappa shape index (κ3) is 4.17. The van der Waals surface area contributed by atoms with Gasteiger partial charge >= 0.3 is 0 Å². The summed E-state index contributed by atoms with van der Waals surface area (Å²) in [7, 11) is 0. The van der Waals surface area contributed by atoms with Gasteiger partial charge in [0.05, 0.1) is 6.54 Å². The van der Waals surface area contributed by atoms with Crippen LogP contribution >= 0.6 is 0 Å². The third-order valence-corrected chi connectivity index (χ3v) is 3.54. The smallest absolute Gasteiger partial charge is 0.129 e. The molecule has 1 heterocycles. The summed E-state index contributed by atoms with van der Waals surface area (Å²) in [5.74, 6) is 1.58. The molecule has 1 aromatic rings. The first-order valence-corrected chi connectivity index (χ1v) is 6.80. The molecular weight excluding hydrogens is 214 g/mol. The molecule has 2 rings (SSSR count). The molecule has 3 heteroatoms. The van der Waals surface area contributed by atoms with Crippen LogP contribution in [0.5, 0.6) is 0 Å². The Morgan fingerprint density at radius 2 is 1.71 bits per heavy atom. The predicted molar refractivity (Wildman–Crippen MR) is 67.6 cm³/mol. The fourth-order valence-electron chi connectivity index (χ4n) is 2.51. The SMILES string of the molecule is OCc1ccc(CNC2CCCCCCC2)o1. The molecule has 0 radical (unpaired) electrons. The third-order valence-electron chi connectivity index (χ3n) is 3.54. The number of aliphatic hydroxyl groups excluding tert-OH is 1. The summed E-state index contributed by atoms with van der Waals surface area (Å²) < 4.78 is 5.47. The summed E-state index contributed by atoms with van der Waals surface area (Å²) in [4.78, 5) is 0. The molecule has 0 spiro atoms. The first-order chi connectivity index (χ1) is 8.38. The van der Waals surface area contributed by atoms with Gasteiger partial charge in [-0.15, -0.1) is 0 Å². The zero-order valence-electron chi connectivity index (χ0n) is 10.5. The lowest BCUT2D eigenvalue weighted by Crippen LogP contribution is -2.29. The number of rotatable bonds is 4. The van der Waals surface area contributed by atoms with Gasteiger partial charge in [0.25, 0.3) is 0 Å². The molecular formula is C14H23NO2. The van der Waals surface area contributed by atoms with Gasteiger partial charge in [-0.25, -0.2) is 0 Å². The Morgan fingerprint density at radius 1 is 1.06 bits per heavy atom. The van der Waals surface area contributed by atoms with E-state index in [1.54, 1.807) is 0 Å². The maximum Gasteiger partial charge on any atom is 0.129 e. The lowest BCUT2D eigenvalue weighted by atomic mass is 9.97. The Kier molecular flexibility index (Phi) is 5.08. The van der Waals surface area contributed by atoms with E-state index in [-0.39, 0.29) is 6.61 Å². The van der Waals surface area contributed by atoms with Crippen LogP contribution in [0.15, 0.2) is 16.5 Å². The van der Waals surface area contributed by atoms with Gasteiger partial charge in [0, 0.05) is 6.04 Å². The molecule has 1 aromatic heterocycles. The molecule has 0 aliphatic heterocycles. The van der Waals surface area contributed by atoms with E-state index in [9.17, 15) is 0 Å². The lowest BCUT2D eigenvalue weighted by molar-refractivity contribution is 0.241. The van der Waals surface area contributed by atoms with Crippen molar-refractivity contribution in [1.82, 2.24) is 5.32 Å². The van der Waals surface area contributed by atoms with E-state index >= 15 is 0 Å². The molecule has 0 bridgehead atoms. The molecule has 0 aromatic carbocycles. The second-order valence-electron chi connectivity index (χ2n) is 4.95. The quantitative estimate of drug-likeness (QED) is 0.846. The van der Waals surface area contributed by atoms with E-state index < -0.39 is 0 Å². The molecule has 0 saturated heterocycles. The highest BCUT2D eigenvalue weighted by Crippen LogP contribution is 2.17. The topological polar surface area (TPSA) is 45.4 Å². The van der Waals surface area contributed by atoms with Crippen LogP contribution in [0.25, 0.3) is 0 Å². The van der Waals surface area contributed by atoms with Crippen molar-refractivity contribution in [3.8, 4) is 0 Å². The summed E-state index contributed by atoms with van der Waals surface area (Å²) in [6.45, 7) is 0.772. The monoisotopic (exact) mass is 237 g/mol. The van der Waals surface area contributed by atoms with E-state index in [1.807, 2.05) is 12.1 Å². The van der Waals surface area contributed by atoms with Crippen LogP contribution in [0.1, 0.15) is 56.5 Å². The minimum Gasteiger partial charge on any atom is -0.462 e. The van der Waals surface area contributed by atoms with Crippen LogP contribution in [-0.2, 0) is 13.2 Å². The first kappa shape index (κ1) is 12.7. The van der Waals surface area contributed by atoms with Crippen molar-refractivity contribution in [1.29, 1.82) is 0 Å². The second-order valence-corrected chi connectivity index (χ2v) is 4.95. The van der Waals surface area contributed by atoms with Gasteiger partial charge in [-0.3, -0.25) is 0 Å². The standard InChI is InChI=1S/C14H23NO2/c16-11-14-9-8-13(17-14)10-15-12-6-4-2-1-3-5-7-12/h8-9,12,15-16H,1-7,10-11H2. The molecule has 0 atom stereocenters. The molecule has 3 nitrogen and oxygen atoms in total. The highest BCUT2D eigenvalue weighted by molar-refractivity contribution is 5.06. The Morgan fingerprint density at radius 3 is 2.35 bits per heavy atom. The maximum atomic E-state index is 8.92. The molecule has 17 heavy (non-hydrogen) atoms. The summed E-state index contributed by atoms with van der Waals surface area (Å²) in [5.41, 5.74) is 0. The Hall–Kier alpha value is -0.800. The molecule has 1 saturated carbocycles. The van der Waals surface area contributed by atoms with E-state index in [4.69, 9.17) is 9.52 Å². The predicted octanol–water partition coefficient (Wildman–Crippen LogP) is 2.97. The number of furan rings is 1. The average Bonchev–Trinajstić information content (AvgIpc) is 2.75. The summed E-state index contributed by atoms with van der Waals surface area (Å²) in [5, 5.41) is 12.5. The first-order valence-electron chi connectivity index (χ1n) is 6.80. The minimum atomic E-state index is -0.0105. The van der Waals surface area contributed by atoms with Crippen molar-refractivity contribution >= 4 is 0 Å². The summed E-state index contributed by atoms with van der Waals surface area (Å²) in [6.07, 6.45) is 9.43. The van der Waals surface area contributed by atoms with Gasteiger partial charge < -0.3 is 14.8 Å². The summed E-state index contributed by atoms with van der Waals surface area (Å²) in [6, 6.07) is 4.43. The average molecular weight is 237 g/mol. The highest BCUT2D eigenvalue weighted by atomic mass is 16.4. The Balaban J connectivity index is 1.75. The van der Waals surface area contributed by atoms with Crippen LogP contribution in [-0.4, -0.2) is 11.1 Å². The lowest BCUT2D eigenvalue weighted by Gasteiger charge is -2.20. The molecule has 1 aliphatic rings. The Bertz CT molecular complexity index is 314. The summed E-state index contributed by atoms with van der Waals surface area (Å²) >= 11 is 0. The maximum absolute atomic E-state index is 8.92. The van der Waals surface area contributed by atoms with Crippen LogP contribution < -0.4 is 5.32 Å². The van der Waals surface area contributed by atoms with E-state index in [0.29, 0.717) is 11.8 Å². The minimum absolute atomic E-state index is 0.0105. The van der Waals surface area contributed by atoms with E-state index in [0.717, 1.165) is 12.3 Å². The molecule has 1 fully saturated rings. The second kappa shape index (κ2) is 6.82. The largest absolute Gasteiger partial charge is 0.462 e. The van der Waals surface area contributed by atoms with Crippen LogP contribution in [0.4, 0.5) is 0 Å². The van der Waals surface area contributed by atoms with Crippen molar-refractivity contribution in [2.45, 2.75) is 64.1 Å². The molecule has 0 unspecified atom stereocenters. The number of aliphatic hydroxyl groups is 1. The fraction of sp³-hybridized carbons (Fsp3) is 0.714. The number of hydrogen-bond donors (Lipinski definition) is 2. The van der Waals surface area contributed by atoms with Crippen molar-refractivity contribution in [2.24, 2.45) is 0 Å². The van der Waals surface area contributed by atoms with Crippen LogP contribution in [0.3, 0.4) is 0 Å². The number of nitrogens with one attached hydrogen (secondary N) is 1. The van der Waals surface area contributed by atoms with Crippen LogP contribution in [0.2, 0.25) is 0 Å². The van der Waals surface area contributed by atoms with E-state index in [2.05, 4.69) is 5.32 Å². The zero-order chi connectivity index (χ0) is 11.9. The van der Waals surface area contributed by atoms with Gasteiger partial charge in [0.15, 0.2) is 0 Å². The normalized spacial score (nSPS) is 18.9. The Labute approximate surface area is 103 Å². The number of hydrogen-bond acceptors (Lipinski definition) is 3. The van der Waals surface area contributed by atoms with Gasteiger partial charge in [0.2, 0.25) is 0 Å². The van der Waals surface area contributed by atoms with Crippen molar-refractivity contribution in [2.75, 3.05) is 0 Å². The molecule has 96 valence electrons. The van der Waals surface area contributed by atoms with Gasteiger partial charge in [0.1, 0.15) is 18.1 Å². The van der Waals surface area contributed by atoms with Crippen molar-refractivity contribution in [3.63, 3.8) is 0 Å². The van der Waals surface area contributed by atoms with Crippen LogP contribution in [0, 0.1) is 0 Å². The van der Waals surface area contributed by atoms with Crippen molar-refractivity contribution < 1.29 is 9.52 Å². The molecule has 1 aliphatic carbocycles. The molecule has 2 N–H and O–H groups in total. The van der Waals surface area contributed by atoms with E-state index in [1.165, 1.54) is 44.9 Å². The van der Waals surface area contributed by atoms with Gasteiger partial charge in [-0.2, -0.15) is 0 Å².